The number of nitrogens with zero attached hydrogens (tertiary/aromatic N) is 5. The summed E-state index contributed by atoms with van der Waals surface area (Å²) in [6, 6.07) is 20.2. The van der Waals surface area contributed by atoms with Gasteiger partial charge in [0.05, 0.1) is 57.8 Å². The first-order chi connectivity index (χ1) is 28.0. The molecule has 1 saturated heterocycles. The number of piperidine rings is 1. The van der Waals surface area contributed by atoms with E-state index in [4.69, 9.17) is 16.3 Å². The molecule has 13 nitrogen and oxygen atoms in total. The van der Waals surface area contributed by atoms with Crippen LogP contribution in [0.2, 0.25) is 5.02 Å². The minimum atomic E-state index is -1.18. The molecular formula is C44H50ClN7O6. The fourth-order valence-electron chi connectivity index (χ4n) is 7.86. The summed E-state index contributed by atoms with van der Waals surface area (Å²) in [5.74, 6) is -0.162. The maximum absolute atomic E-state index is 14.1. The standard InChI is InChI=1S/C44H50ClN7O6/c1-50(2)20-7-23-58-32-12-14-34-36(26-32)48-28-52(43(34)56)27-44(57)16-21-51(22-17-44)42(55)31(24-29-8-4-3-5-9-29)10-6-18-46-40(53)30-11-13-33-37(25-30)49-35-15-19-47-41(54)38(35)39(33)45/h3-5,8-9,11-14,25-26,28,31,57H,6-7,10,15-24,27H2,1-2H3,(H,46,53)(H,47,54)/t31-/m1/s1. The van der Waals surface area contributed by atoms with Gasteiger partial charge in [-0.15, -0.1) is 0 Å². The van der Waals surface area contributed by atoms with Gasteiger partial charge < -0.3 is 30.3 Å². The molecule has 5 aromatic rings. The number of aromatic nitrogens is 3. The van der Waals surface area contributed by atoms with E-state index in [1.165, 1.54) is 10.9 Å². The van der Waals surface area contributed by atoms with E-state index in [0.717, 1.165) is 18.5 Å². The van der Waals surface area contributed by atoms with E-state index in [0.29, 0.717) is 121 Å². The lowest BCUT2D eigenvalue weighted by Crippen LogP contribution is -2.51. The largest absolute Gasteiger partial charge is 0.493 e. The smallest absolute Gasteiger partial charge is 0.261 e. The fraction of sp³-hybridized carbons (Fsp3) is 0.409. The number of carbonyl (C=O) groups excluding carboxylic acids is 3. The fourth-order valence-corrected chi connectivity index (χ4v) is 8.21. The number of ether oxygens (including phenoxy) is 1. The molecule has 0 saturated carbocycles. The zero-order valence-electron chi connectivity index (χ0n) is 33.0. The SMILES string of the molecule is CN(C)CCCOc1ccc2c(=O)n(CC3(O)CCN(C(=O)[C@H](CCCNC(=O)c4ccc5c(Cl)c6c(nc5c4)CCNC6=O)Cc4ccccc4)CC3)cnc2c1. The zero-order chi connectivity index (χ0) is 40.8. The molecule has 58 heavy (non-hydrogen) atoms. The van der Waals surface area contributed by atoms with Gasteiger partial charge in [-0.05, 0) is 82.4 Å². The molecule has 0 bridgehead atoms. The molecule has 14 heteroatoms. The van der Waals surface area contributed by atoms with Crippen LogP contribution >= 0.6 is 11.6 Å². The van der Waals surface area contributed by atoms with Gasteiger partial charge in [0.25, 0.3) is 17.4 Å². The normalized spacial score (nSPS) is 15.6. The molecule has 0 aliphatic carbocycles. The van der Waals surface area contributed by atoms with Gasteiger partial charge in [0.15, 0.2) is 0 Å². The number of carbonyl (C=O) groups is 3. The van der Waals surface area contributed by atoms with Gasteiger partial charge in [-0.3, -0.25) is 28.7 Å². The summed E-state index contributed by atoms with van der Waals surface area (Å²) < 4.78 is 7.32. The predicted molar refractivity (Wildman–Crippen MR) is 223 cm³/mol. The Labute approximate surface area is 342 Å². The molecule has 1 fully saturated rings. The van der Waals surface area contributed by atoms with Gasteiger partial charge in [-0.25, -0.2) is 4.98 Å². The Morgan fingerprint density at radius 2 is 1.79 bits per heavy atom. The Balaban J connectivity index is 0.946. The molecule has 2 aliphatic heterocycles. The molecule has 304 valence electrons. The van der Waals surface area contributed by atoms with Crippen molar-refractivity contribution >= 4 is 51.1 Å². The number of pyridine rings is 1. The number of nitrogens with one attached hydrogen (secondary N) is 2. The number of aliphatic hydroxyl groups is 1. The number of amides is 3. The Hall–Kier alpha value is -5.37. The first-order valence-corrected chi connectivity index (χ1v) is 20.4. The predicted octanol–water partition coefficient (Wildman–Crippen LogP) is 4.64. The van der Waals surface area contributed by atoms with E-state index in [1.54, 1.807) is 36.4 Å². The van der Waals surface area contributed by atoms with Crippen LogP contribution in [0.5, 0.6) is 5.75 Å². The van der Waals surface area contributed by atoms with Crippen LogP contribution in [0.1, 0.15) is 64.1 Å². The van der Waals surface area contributed by atoms with Gasteiger partial charge in [0.1, 0.15) is 5.75 Å². The van der Waals surface area contributed by atoms with Crippen LogP contribution in [-0.2, 0) is 24.2 Å². The van der Waals surface area contributed by atoms with E-state index >= 15 is 0 Å². The van der Waals surface area contributed by atoms with Crippen molar-refractivity contribution in [1.82, 2.24) is 35.0 Å². The van der Waals surface area contributed by atoms with Crippen LogP contribution in [-0.4, -0.2) is 106 Å². The van der Waals surface area contributed by atoms with E-state index in [9.17, 15) is 24.3 Å². The maximum atomic E-state index is 14.1. The second-order valence-electron chi connectivity index (χ2n) is 15.7. The van der Waals surface area contributed by atoms with Gasteiger partial charge in [0, 0.05) is 62.1 Å². The highest BCUT2D eigenvalue weighted by atomic mass is 35.5. The monoisotopic (exact) mass is 807 g/mol. The van der Waals surface area contributed by atoms with Crippen molar-refractivity contribution in [3.8, 4) is 5.75 Å². The summed E-state index contributed by atoms with van der Waals surface area (Å²) in [6.45, 7) is 3.12. The number of hydrogen-bond acceptors (Lipinski definition) is 9. The van der Waals surface area contributed by atoms with Crippen molar-refractivity contribution in [2.45, 2.75) is 57.1 Å². The third-order valence-electron chi connectivity index (χ3n) is 11.1. The summed E-state index contributed by atoms with van der Waals surface area (Å²) in [5.41, 5.74) is 2.17. The number of halogens is 1. The van der Waals surface area contributed by atoms with Crippen LogP contribution < -0.4 is 20.9 Å². The lowest BCUT2D eigenvalue weighted by Gasteiger charge is -2.39. The molecule has 2 aromatic heterocycles. The van der Waals surface area contributed by atoms with Crippen molar-refractivity contribution in [2.75, 3.05) is 53.4 Å². The second-order valence-corrected chi connectivity index (χ2v) is 16.1. The number of rotatable bonds is 15. The van der Waals surface area contributed by atoms with Crippen LogP contribution in [0.3, 0.4) is 0 Å². The average molecular weight is 808 g/mol. The summed E-state index contributed by atoms with van der Waals surface area (Å²) in [5, 5.41) is 18.8. The van der Waals surface area contributed by atoms with Crippen molar-refractivity contribution in [2.24, 2.45) is 5.92 Å². The molecule has 3 aromatic carbocycles. The average Bonchev–Trinajstić information content (AvgIpc) is 3.22. The Morgan fingerprint density at radius 1 is 1.02 bits per heavy atom. The van der Waals surface area contributed by atoms with Crippen LogP contribution in [0.4, 0.5) is 0 Å². The second kappa shape index (κ2) is 18.0. The van der Waals surface area contributed by atoms with Crippen LogP contribution in [0.25, 0.3) is 21.8 Å². The van der Waals surface area contributed by atoms with Gasteiger partial charge >= 0.3 is 0 Å². The van der Waals surface area contributed by atoms with E-state index < -0.39 is 5.60 Å². The molecule has 0 unspecified atom stereocenters. The first kappa shape index (κ1) is 40.8. The molecule has 4 heterocycles. The highest BCUT2D eigenvalue weighted by Gasteiger charge is 2.36. The van der Waals surface area contributed by atoms with Crippen molar-refractivity contribution in [1.29, 1.82) is 0 Å². The van der Waals surface area contributed by atoms with Crippen molar-refractivity contribution < 1.29 is 24.2 Å². The molecular weight excluding hydrogens is 758 g/mol. The van der Waals surface area contributed by atoms with E-state index in [1.807, 2.05) is 49.3 Å². The Morgan fingerprint density at radius 3 is 2.57 bits per heavy atom. The quantitative estimate of drug-likeness (QED) is 0.128. The van der Waals surface area contributed by atoms with E-state index in [-0.39, 0.29) is 35.7 Å². The summed E-state index contributed by atoms with van der Waals surface area (Å²) in [6.07, 6.45) is 5.24. The Bertz CT molecular complexity index is 2360. The topological polar surface area (TPSA) is 159 Å². The van der Waals surface area contributed by atoms with Crippen molar-refractivity contribution in [3.05, 3.63) is 111 Å². The first-order valence-electron chi connectivity index (χ1n) is 20.0. The molecule has 3 N–H and O–H groups in total. The van der Waals surface area contributed by atoms with Crippen LogP contribution in [0.15, 0.2) is 77.9 Å². The van der Waals surface area contributed by atoms with Gasteiger partial charge in [0.2, 0.25) is 5.91 Å². The molecule has 2 aliphatic rings. The lowest BCUT2D eigenvalue weighted by molar-refractivity contribution is -0.140. The third-order valence-corrected chi connectivity index (χ3v) is 11.5. The van der Waals surface area contributed by atoms with Crippen molar-refractivity contribution in [3.63, 3.8) is 0 Å². The minimum Gasteiger partial charge on any atom is -0.493 e. The molecule has 0 radical (unpaired) electrons. The third kappa shape index (κ3) is 9.49. The maximum Gasteiger partial charge on any atom is 0.261 e. The van der Waals surface area contributed by atoms with E-state index in [2.05, 4.69) is 25.5 Å². The highest BCUT2D eigenvalue weighted by Crippen LogP contribution is 2.31. The number of hydrogen-bond donors (Lipinski definition) is 3. The Kier molecular flexibility index (Phi) is 12.7. The number of benzene rings is 3. The summed E-state index contributed by atoms with van der Waals surface area (Å²) >= 11 is 6.59. The zero-order valence-corrected chi connectivity index (χ0v) is 33.8. The molecule has 7 rings (SSSR count). The van der Waals surface area contributed by atoms with Crippen LogP contribution in [0, 0.1) is 5.92 Å². The molecule has 3 amide bonds. The number of fused-ring (bicyclic) bond motifs is 3. The lowest BCUT2D eigenvalue weighted by atomic mass is 9.88. The molecule has 0 spiro atoms. The summed E-state index contributed by atoms with van der Waals surface area (Å²) in [7, 11) is 4.03. The van der Waals surface area contributed by atoms with Gasteiger partial charge in [-0.2, -0.15) is 0 Å². The number of likely N-dealkylation sites (tertiary alicyclic amines) is 1. The molecule has 1 atom stereocenters. The summed E-state index contributed by atoms with van der Waals surface area (Å²) in [4.78, 5) is 66.2. The van der Waals surface area contributed by atoms with Gasteiger partial charge in [-0.1, -0.05) is 48.0 Å². The highest BCUT2D eigenvalue weighted by molar-refractivity contribution is 6.38. The minimum absolute atomic E-state index is 0.0102.